The van der Waals surface area contributed by atoms with Crippen molar-refractivity contribution >= 4 is 5.91 Å². The Morgan fingerprint density at radius 3 is 2.71 bits per heavy atom. The Kier molecular flexibility index (Phi) is 5.05. The van der Waals surface area contributed by atoms with Crippen LogP contribution in [0.15, 0.2) is 36.7 Å². The molecule has 0 unspecified atom stereocenters. The summed E-state index contributed by atoms with van der Waals surface area (Å²) >= 11 is 0. The van der Waals surface area contributed by atoms with Crippen LogP contribution in [0.1, 0.15) is 26.1 Å². The van der Waals surface area contributed by atoms with Crippen molar-refractivity contribution in [2.45, 2.75) is 32.9 Å². The standard InChI is InChI=1S/C15H21N5O/c1-11(2)8-13(16)15(21)17-9-14-19-18-10-20(14)12-6-4-3-5-7-12/h3-7,10-11,13H,8-9,16H2,1-2H3,(H,17,21)/t13-/m0/s1. The van der Waals surface area contributed by atoms with Crippen LogP contribution in [-0.2, 0) is 11.3 Å². The lowest BCUT2D eigenvalue weighted by molar-refractivity contribution is -0.122. The Hall–Kier alpha value is -2.21. The molecule has 0 aliphatic heterocycles. The average molecular weight is 287 g/mol. The molecule has 1 heterocycles. The largest absolute Gasteiger partial charge is 0.347 e. The third-order valence-corrected chi connectivity index (χ3v) is 3.14. The smallest absolute Gasteiger partial charge is 0.237 e. The van der Waals surface area contributed by atoms with Crippen molar-refractivity contribution in [2.24, 2.45) is 11.7 Å². The molecule has 0 saturated heterocycles. The number of para-hydroxylation sites is 1. The van der Waals surface area contributed by atoms with Crippen LogP contribution in [0.4, 0.5) is 0 Å². The zero-order valence-electron chi connectivity index (χ0n) is 12.4. The van der Waals surface area contributed by atoms with Crippen LogP contribution in [-0.4, -0.2) is 26.7 Å². The number of nitrogens with zero attached hydrogens (tertiary/aromatic N) is 3. The highest BCUT2D eigenvalue weighted by molar-refractivity contribution is 5.81. The molecule has 112 valence electrons. The Balaban J connectivity index is 1.99. The molecular weight excluding hydrogens is 266 g/mol. The van der Waals surface area contributed by atoms with Crippen LogP contribution in [0.25, 0.3) is 5.69 Å². The van der Waals surface area contributed by atoms with E-state index in [-0.39, 0.29) is 5.91 Å². The zero-order chi connectivity index (χ0) is 15.2. The number of nitrogens with one attached hydrogen (secondary N) is 1. The van der Waals surface area contributed by atoms with Crippen LogP contribution >= 0.6 is 0 Å². The molecule has 1 atom stereocenters. The molecule has 0 saturated carbocycles. The first kappa shape index (κ1) is 15.2. The zero-order valence-corrected chi connectivity index (χ0v) is 12.4. The van der Waals surface area contributed by atoms with Crippen LogP contribution in [0, 0.1) is 5.92 Å². The second-order valence-electron chi connectivity index (χ2n) is 5.41. The second-order valence-corrected chi connectivity index (χ2v) is 5.41. The molecule has 2 aromatic rings. The topological polar surface area (TPSA) is 85.8 Å². The van der Waals surface area contributed by atoms with Crippen molar-refractivity contribution in [1.29, 1.82) is 0 Å². The summed E-state index contributed by atoms with van der Waals surface area (Å²) < 4.78 is 1.84. The molecule has 6 nitrogen and oxygen atoms in total. The highest BCUT2D eigenvalue weighted by Gasteiger charge is 2.15. The minimum absolute atomic E-state index is 0.161. The maximum absolute atomic E-state index is 11.9. The lowest BCUT2D eigenvalue weighted by atomic mass is 10.0. The number of benzene rings is 1. The maximum Gasteiger partial charge on any atom is 0.237 e. The first-order chi connectivity index (χ1) is 10.1. The van der Waals surface area contributed by atoms with Gasteiger partial charge in [-0.15, -0.1) is 10.2 Å². The number of hydrogen-bond donors (Lipinski definition) is 2. The molecule has 1 aromatic carbocycles. The fourth-order valence-electron chi connectivity index (χ4n) is 2.10. The molecule has 0 radical (unpaired) electrons. The van der Waals surface area contributed by atoms with E-state index in [1.807, 2.05) is 48.7 Å². The van der Waals surface area contributed by atoms with E-state index in [0.717, 1.165) is 5.69 Å². The van der Waals surface area contributed by atoms with E-state index in [1.165, 1.54) is 0 Å². The number of rotatable bonds is 6. The summed E-state index contributed by atoms with van der Waals surface area (Å²) in [5.74, 6) is 0.899. The molecule has 6 heteroatoms. The summed E-state index contributed by atoms with van der Waals surface area (Å²) in [6, 6.07) is 9.25. The first-order valence-electron chi connectivity index (χ1n) is 7.05. The Morgan fingerprint density at radius 1 is 1.33 bits per heavy atom. The van der Waals surface area contributed by atoms with Gasteiger partial charge in [0.1, 0.15) is 6.33 Å². The Labute approximate surface area is 124 Å². The first-order valence-corrected chi connectivity index (χ1v) is 7.05. The SMILES string of the molecule is CC(C)C[C@H](N)C(=O)NCc1nncn1-c1ccccc1. The molecule has 0 aliphatic rings. The molecular formula is C15H21N5O. The van der Waals surface area contributed by atoms with E-state index in [0.29, 0.717) is 24.7 Å². The van der Waals surface area contributed by atoms with Gasteiger partial charge in [0.2, 0.25) is 5.91 Å². The molecule has 1 amide bonds. The van der Waals surface area contributed by atoms with Gasteiger partial charge in [-0.25, -0.2) is 0 Å². The lowest BCUT2D eigenvalue weighted by Crippen LogP contribution is -2.41. The lowest BCUT2D eigenvalue weighted by Gasteiger charge is -2.14. The maximum atomic E-state index is 11.9. The average Bonchev–Trinajstić information content (AvgIpc) is 2.93. The number of carbonyl (C=O) groups is 1. The quantitative estimate of drug-likeness (QED) is 0.837. The molecule has 3 N–H and O–H groups in total. The Morgan fingerprint density at radius 2 is 2.05 bits per heavy atom. The predicted molar refractivity (Wildman–Crippen MR) is 80.6 cm³/mol. The van der Waals surface area contributed by atoms with Crippen molar-refractivity contribution in [1.82, 2.24) is 20.1 Å². The van der Waals surface area contributed by atoms with Gasteiger partial charge in [0.15, 0.2) is 5.82 Å². The number of carbonyl (C=O) groups excluding carboxylic acids is 1. The third kappa shape index (κ3) is 4.13. The van der Waals surface area contributed by atoms with E-state index < -0.39 is 6.04 Å². The van der Waals surface area contributed by atoms with Crippen LogP contribution < -0.4 is 11.1 Å². The summed E-state index contributed by atoms with van der Waals surface area (Å²) in [6.07, 6.45) is 2.29. The van der Waals surface area contributed by atoms with E-state index >= 15 is 0 Å². The predicted octanol–water partition coefficient (Wildman–Crippen LogP) is 1.26. The monoisotopic (exact) mass is 287 g/mol. The highest BCUT2D eigenvalue weighted by Crippen LogP contribution is 2.09. The van der Waals surface area contributed by atoms with Crippen molar-refractivity contribution in [3.05, 3.63) is 42.5 Å². The van der Waals surface area contributed by atoms with E-state index in [2.05, 4.69) is 15.5 Å². The van der Waals surface area contributed by atoms with Gasteiger partial charge in [0.05, 0.1) is 12.6 Å². The number of aromatic nitrogens is 3. The van der Waals surface area contributed by atoms with E-state index in [4.69, 9.17) is 5.73 Å². The van der Waals surface area contributed by atoms with Gasteiger partial charge >= 0.3 is 0 Å². The number of hydrogen-bond acceptors (Lipinski definition) is 4. The highest BCUT2D eigenvalue weighted by atomic mass is 16.2. The van der Waals surface area contributed by atoms with Gasteiger partial charge in [-0.05, 0) is 24.5 Å². The van der Waals surface area contributed by atoms with Crippen molar-refractivity contribution in [2.75, 3.05) is 0 Å². The van der Waals surface area contributed by atoms with Crippen LogP contribution in [0.3, 0.4) is 0 Å². The Bertz CT molecular complexity index is 579. The van der Waals surface area contributed by atoms with Gasteiger partial charge in [-0.2, -0.15) is 0 Å². The van der Waals surface area contributed by atoms with Crippen molar-refractivity contribution in [3.8, 4) is 5.69 Å². The minimum Gasteiger partial charge on any atom is -0.347 e. The molecule has 1 aromatic heterocycles. The second kappa shape index (κ2) is 6.99. The third-order valence-electron chi connectivity index (χ3n) is 3.14. The molecule has 0 fully saturated rings. The fourth-order valence-corrected chi connectivity index (χ4v) is 2.10. The summed E-state index contributed by atoms with van der Waals surface area (Å²) in [6.45, 7) is 4.39. The molecule has 21 heavy (non-hydrogen) atoms. The summed E-state index contributed by atoms with van der Waals surface area (Å²) in [7, 11) is 0. The van der Waals surface area contributed by atoms with Gasteiger partial charge in [-0.3, -0.25) is 9.36 Å². The van der Waals surface area contributed by atoms with Gasteiger partial charge < -0.3 is 11.1 Å². The number of amides is 1. The summed E-state index contributed by atoms with van der Waals surface area (Å²) in [4.78, 5) is 11.9. The molecule has 0 bridgehead atoms. The van der Waals surface area contributed by atoms with Crippen molar-refractivity contribution < 1.29 is 4.79 Å². The number of nitrogens with two attached hydrogens (primary N) is 1. The molecule has 0 spiro atoms. The minimum atomic E-state index is -0.488. The van der Waals surface area contributed by atoms with Gasteiger partial charge in [0, 0.05) is 5.69 Å². The molecule has 2 rings (SSSR count). The normalized spacial score (nSPS) is 12.4. The molecule has 0 aliphatic carbocycles. The summed E-state index contributed by atoms with van der Waals surface area (Å²) in [5, 5.41) is 10.8. The van der Waals surface area contributed by atoms with Crippen molar-refractivity contribution in [3.63, 3.8) is 0 Å². The fraction of sp³-hybridized carbons (Fsp3) is 0.400. The van der Waals surface area contributed by atoms with E-state index in [1.54, 1.807) is 6.33 Å². The van der Waals surface area contributed by atoms with Crippen LogP contribution in [0.2, 0.25) is 0 Å². The summed E-state index contributed by atoms with van der Waals surface area (Å²) in [5.41, 5.74) is 6.81. The van der Waals surface area contributed by atoms with Gasteiger partial charge in [0.25, 0.3) is 0 Å². The van der Waals surface area contributed by atoms with Gasteiger partial charge in [-0.1, -0.05) is 32.0 Å². The van der Waals surface area contributed by atoms with E-state index in [9.17, 15) is 4.79 Å². The van der Waals surface area contributed by atoms with Crippen LogP contribution in [0.5, 0.6) is 0 Å².